The first-order valence-corrected chi connectivity index (χ1v) is 7.34. The monoisotopic (exact) mass is 348 g/mol. The number of hydrogen-bond donors (Lipinski definition) is 3. The van der Waals surface area contributed by atoms with E-state index in [1.807, 2.05) is 0 Å². The molecule has 0 saturated carbocycles. The molecule has 0 bridgehead atoms. The fourth-order valence-electron chi connectivity index (χ4n) is 2.30. The van der Waals surface area contributed by atoms with Crippen LogP contribution in [0.2, 0.25) is 0 Å². The van der Waals surface area contributed by atoms with Gasteiger partial charge in [0.1, 0.15) is 12.1 Å². The number of hydrogen-bond acceptors (Lipinski definition) is 4. The van der Waals surface area contributed by atoms with Crippen molar-refractivity contribution in [3.8, 4) is 0 Å². The van der Waals surface area contributed by atoms with Crippen molar-refractivity contribution in [2.75, 3.05) is 5.73 Å². The zero-order valence-corrected chi connectivity index (χ0v) is 13.7. The van der Waals surface area contributed by atoms with Crippen molar-refractivity contribution in [1.29, 1.82) is 0 Å². The molecule has 2 rings (SSSR count). The second-order valence-corrected chi connectivity index (χ2v) is 5.35. The number of nitrogen functional groups attached to an aromatic ring is 1. The van der Waals surface area contributed by atoms with Gasteiger partial charge in [-0.25, -0.2) is 4.98 Å². The van der Waals surface area contributed by atoms with Crippen LogP contribution in [0.25, 0.3) is 17.1 Å². The molecule has 2 aromatic rings. The summed E-state index contributed by atoms with van der Waals surface area (Å²) in [5.41, 5.74) is 12.6. The number of benzene rings is 1. The van der Waals surface area contributed by atoms with Crippen LogP contribution in [0.5, 0.6) is 0 Å². The Kier molecular flexibility index (Phi) is 5.21. The van der Waals surface area contributed by atoms with Gasteiger partial charge in [-0.15, -0.1) is 0 Å². The highest BCUT2D eigenvalue weighted by Gasteiger charge is 2.19. The van der Waals surface area contributed by atoms with E-state index in [0.29, 0.717) is 15.7 Å². The maximum Gasteiger partial charge on any atom is 0.320 e. The van der Waals surface area contributed by atoms with Crippen LogP contribution in [-0.4, -0.2) is 20.6 Å². The number of nitrogens with zero attached hydrogens (tertiary/aromatic N) is 2. The number of anilines is 1. The van der Waals surface area contributed by atoms with Crippen LogP contribution in [0.15, 0.2) is 42.0 Å². The van der Waals surface area contributed by atoms with Crippen molar-refractivity contribution in [2.24, 2.45) is 5.73 Å². The Balaban J connectivity index is 2.71. The first-order valence-electron chi connectivity index (χ1n) is 7.34. The molecule has 0 aliphatic heterocycles. The average molecular weight is 348 g/mol. The van der Waals surface area contributed by atoms with Gasteiger partial charge in [0.05, 0.1) is 22.3 Å². The molecule has 0 aliphatic carbocycles. The molecule has 0 atom stereocenters. The van der Waals surface area contributed by atoms with Gasteiger partial charge in [-0.3, -0.25) is 9.36 Å². The molecule has 25 heavy (non-hydrogen) atoms. The number of fused-ring (bicyclic) bond motifs is 1. The predicted molar refractivity (Wildman–Crippen MR) is 93.1 cm³/mol. The quantitative estimate of drug-likeness (QED) is 0.436. The van der Waals surface area contributed by atoms with Crippen molar-refractivity contribution in [3.05, 3.63) is 53.1 Å². The minimum Gasteiger partial charge on any atom is -0.508 e. The number of aliphatic hydroxyl groups is 1. The maximum absolute atomic E-state index is 13.1. The van der Waals surface area contributed by atoms with Crippen molar-refractivity contribution < 1.29 is 18.7 Å². The fraction of sp³-hybridized carbons (Fsp3) is 0.176. The maximum atomic E-state index is 13.1. The summed E-state index contributed by atoms with van der Waals surface area (Å²) in [4.78, 5) is 15.6. The van der Waals surface area contributed by atoms with E-state index in [4.69, 9.17) is 11.5 Å². The van der Waals surface area contributed by atoms with Gasteiger partial charge in [0.2, 0.25) is 0 Å². The van der Waals surface area contributed by atoms with Crippen LogP contribution < -0.4 is 11.5 Å². The Bertz CT molecular complexity index is 911. The van der Waals surface area contributed by atoms with E-state index in [1.54, 1.807) is 26.0 Å². The molecule has 1 aromatic carbocycles. The van der Waals surface area contributed by atoms with Crippen molar-refractivity contribution in [3.63, 3.8) is 0 Å². The zero-order chi connectivity index (χ0) is 18.7. The van der Waals surface area contributed by atoms with Crippen LogP contribution in [-0.2, 0) is 0 Å². The zero-order valence-electron chi connectivity index (χ0n) is 13.7. The van der Waals surface area contributed by atoms with Gasteiger partial charge in [-0.1, -0.05) is 11.6 Å². The van der Waals surface area contributed by atoms with Gasteiger partial charge in [0.15, 0.2) is 0 Å². The number of nitrogens with two attached hydrogens (primary N) is 2. The van der Waals surface area contributed by atoms with E-state index in [9.17, 15) is 18.7 Å². The first-order chi connectivity index (χ1) is 11.8. The third kappa shape index (κ3) is 3.68. The molecule has 8 heteroatoms. The van der Waals surface area contributed by atoms with Gasteiger partial charge in [-0.2, -0.15) is 8.78 Å². The number of amides is 1. The topological polar surface area (TPSA) is 107 Å². The molecule has 6 nitrogen and oxygen atoms in total. The van der Waals surface area contributed by atoms with E-state index in [2.05, 4.69) is 4.98 Å². The summed E-state index contributed by atoms with van der Waals surface area (Å²) in [5.74, 6) is -0.755. The minimum atomic E-state index is -2.82. The molecule has 1 aromatic heterocycles. The molecule has 1 heterocycles. The Morgan fingerprint density at radius 3 is 2.64 bits per heavy atom. The Morgan fingerprint density at radius 1 is 1.40 bits per heavy atom. The summed E-state index contributed by atoms with van der Waals surface area (Å²) in [6.07, 6.45) is 7.16. The average Bonchev–Trinajstić information content (AvgIpc) is 2.98. The molecule has 0 radical (unpaired) electrons. The summed E-state index contributed by atoms with van der Waals surface area (Å²) < 4.78 is 26.9. The minimum absolute atomic E-state index is 0.0531. The summed E-state index contributed by atoms with van der Waals surface area (Å²) >= 11 is 0. The van der Waals surface area contributed by atoms with Crippen LogP contribution in [0, 0.1) is 0 Å². The lowest BCUT2D eigenvalue weighted by Gasteiger charge is -2.10. The van der Waals surface area contributed by atoms with Crippen molar-refractivity contribution in [1.82, 2.24) is 9.55 Å². The standard InChI is InChI=1S/C17H18F2N4O2/c1-3-10(24)5-4-9(2)6-11-14(20)12(16(21)25)7-13-15(11)22-8-23(13)17(18)19/h3-8,17,24H,20H2,1-2H3,(H2,21,25)/b5-4-,9-6+,10-3-. The molecule has 132 valence electrons. The number of alkyl halides is 2. The van der Waals surface area contributed by atoms with E-state index in [1.165, 1.54) is 18.2 Å². The molecule has 0 spiro atoms. The lowest BCUT2D eigenvalue weighted by molar-refractivity contribution is 0.0745. The predicted octanol–water partition coefficient (Wildman–Crippen LogP) is 3.53. The van der Waals surface area contributed by atoms with Crippen molar-refractivity contribution >= 4 is 28.7 Å². The molecular weight excluding hydrogens is 330 g/mol. The number of aromatic nitrogens is 2. The number of carbonyl (C=O) groups excluding carboxylic acids is 1. The van der Waals surface area contributed by atoms with Gasteiger partial charge < -0.3 is 16.6 Å². The number of carbonyl (C=O) groups is 1. The molecule has 0 fully saturated rings. The molecule has 0 saturated heterocycles. The number of allylic oxidation sites excluding steroid dienone is 4. The van der Waals surface area contributed by atoms with Crippen molar-refractivity contribution in [2.45, 2.75) is 20.4 Å². The number of aliphatic hydroxyl groups excluding tert-OH is 1. The van der Waals surface area contributed by atoms with Gasteiger partial charge in [0, 0.05) is 5.56 Å². The van der Waals surface area contributed by atoms with Crippen LogP contribution in [0.4, 0.5) is 14.5 Å². The van der Waals surface area contributed by atoms with E-state index < -0.39 is 12.5 Å². The lowest BCUT2D eigenvalue weighted by Crippen LogP contribution is -2.15. The van der Waals surface area contributed by atoms with Gasteiger partial charge >= 0.3 is 6.55 Å². The number of halogens is 2. The van der Waals surface area contributed by atoms with Gasteiger partial charge in [0.25, 0.3) is 5.91 Å². The number of rotatable bonds is 5. The third-order valence-corrected chi connectivity index (χ3v) is 3.61. The van der Waals surface area contributed by atoms with Crippen LogP contribution >= 0.6 is 0 Å². The Labute approximate surface area is 142 Å². The third-order valence-electron chi connectivity index (χ3n) is 3.61. The normalized spacial score (nSPS) is 13.3. The lowest BCUT2D eigenvalue weighted by atomic mass is 10.0. The molecular formula is C17H18F2N4O2. The van der Waals surface area contributed by atoms with Gasteiger partial charge in [-0.05, 0) is 38.1 Å². The second kappa shape index (κ2) is 7.16. The summed E-state index contributed by atoms with van der Waals surface area (Å²) in [6.45, 7) is 0.582. The number of imidazole rings is 1. The Hall–Kier alpha value is -3.16. The highest BCUT2D eigenvalue weighted by atomic mass is 19.3. The fourth-order valence-corrected chi connectivity index (χ4v) is 2.30. The largest absolute Gasteiger partial charge is 0.508 e. The second-order valence-electron chi connectivity index (χ2n) is 5.35. The van der Waals surface area contributed by atoms with Crippen LogP contribution in [0.3, 0.4) is 0 Å². The first kappa shape index (κ1) is 18.2. The molecule has 0 aliphatic rings. The highest BCUT2D eigenvalue weighted by molar-refractivity contribution is 6.06. The van der Waals surface area contributed by atoms with E-state index in [-0.39, 0.29) is 28.0 Å². The molecule has 5 N–H and O–H groups in total. The number of primary amides is 1. The molecule has 1 amide bonds. The smallest absolute Gasteiger partial charge is 0.320 e. The SMILES string of the molecule is C/C=C(O)/C=C\C(C)=C\c1c(N)c(C(N)=O)cc2c1ncn2C(F)F. The summed E-state index contributed by atoms with van der Waals surface area (Å²) in [7, 11) is 0. The Morgan fingerprint density at radius 2 is 2.08 bits per heavy atom. The molecule has 0 unspecified atom stereocenters. The van der Waals surface area contributed by atoms with E-state index >= 15 is 0 Å². The van der Waals surface area contributed by atoms with Crippen LogP contribution in [0.1, 0.15) is 36.3 Å². The summed E-state index contributed by atoms with van der Waals surface area (Å²) in [6, 6.07) is 1.21. The summed E-state index contributed by atoms with van der Waals surface area (Å²) in [5, 5.41) is 9.44. The highest BCUT2D eigenvalue weighted by Crippen LogP contribution is 2.31. The van der Waals surface area contributed by atoms with E-state index in [0.717, 1.165) is 6.33 Å².